The average Bonchev–Trinajstić information content (AvgIpc) is 2.78. The standard InChI is InChI=1S/C16H22N3O2/c1-19(2)14-9-4-3-8-13(14)15(18-19)16(20)21-11-12-7-5-6-10-17-12/h3-4,8-9,12,17H,5-7,10-11H2,1-2H3/q+1. The van der Waals surface area contributed by atoms with E-state index in [1.54, 1.807) is 0 Å². The van der Waals surface area contributed by atoms with E-state index in [-0.39, 0.29) is 12.0 Å². The van der Waals surface area contributed by atoms with Crippen LogP contribution in [0.1, 0.15) is 24.8 Å². The largest absolute Gasteiger partial charge is 0.459 e. The minimum absolute atomic E-state index is 0.280. The highest BCUT2D eigenvalue weighted by atomic mass is 16.5. The van der Waals surface area contributed by atoms with E-state index < -0.39 is 0 Å². The molecule has 5 heteroatoms. The van der Waals surface area contributed by atoms with Crippen molar-refractivity contribution in [3.8, 4) is 0 Å². The first-order chi connectivity index (χ1) is 10.1. The minimum atomic E-state index is -0.321. The number of nitrogens with one attached hydrogen (secondary N) is 1. The van der Waals surface area contributed by atoms with Gasteiger partial charge in [0, 0.05) is 12.1 Å². The molecule has 3 rings (SSSR count). The van der Waals surface area contributed by atoms with Crippen LogP contribution < -0.4 is 9.91 Å². The summed E-state index contributed by atoms with van der Waals surface area (Å²) in [6, 6.07) is 8.11. The molecule has 21 heavy (non-hydrogen) atoms. The summed E-state index contributed by atoms with van der Waals surface area (Å²) in [5.41, 5.74) is 2.34. The lowest BCUT2D eigenvalue weighted by Gasteiger charge is -2.22. The molecule has 0 bridgehead atoms. The smallest absolute Gasteiger partial charge is 0.363 e. The number of carbonyl (C=O) groups excluding carboxylic acids is 1. The number of piperidine rings is 1. The van der Waals surface area contributed by atoms with Crippen molar-refractivity contribution in [3.05, 3.63) is 29.8 Å². The topological polar surface area (TPSA) is 50.7 Å². The van der Waals surface area contributed by atoms with E-state index in [9.17, 15) is 4.79 Å². The lowest BCUT2D eigenvalue weighted by atomic mass is 10.1. The summed E-state index contributed by atoms with van der Waals surface area (Å²) in [4.78, 5) is 12.3. The quantitative estimate of drug-likeness (QED) is 0.680. The van der Waals surface area contributed by atoms with Gasteiger partial charge in [0.2, 0.25) is 5.71 Å². The molecule has 2 aliphatic rings. The van der Waals surface area contributed by atoms with Crippen LogP contribution in [0.5, 0.6) is 0 Å². The summed E-state index contributed by atoms with van der Waals surface area (Å²) in [6.07, 6.45) is 3.47. The number of benzene rings is 1. The Balaban J connectivity index is 1.70. The van der Waals surface area contributed by atoms with Gasteiger partial charge in [0.1, 0.15) is 6.61 Å². The minimum Gasteiger partial charge on any atom is -0.459 e. The molecule has 0 aliphatic carbocycles. The zero-order valence-corrected chi connectivity index (χ0v) is 12.6. The zero-order valence-electron chi connectivity index (χ0n) is 12.6. The van der Waals surface area contributed by atoms with Gasteiger partial charge in [-0.05, 0) is 25.5 Å². The monoisotopic (exact) mass is 288 g/mol. The van der Waals surface area contributed by atoms with Gasteiger partial charge in [0.15, 0.2) is 5.69 Å². The summed E-state index contributed by atoms with van der Waals surface area (Å²) in [7, 11) is 3.92. The summed E-state index contributed by atoms with van der Waals surface area (Å²) in [5, 5.41) is 7.89. The summed E-state index contributed by atoms with van der Waals surface area (Å²) >= 11 is 0. The summed E-state index contributed by atoms with van der Waals surface area (Å²) < 4.78 is 5.81. The first kappa shape index (κ1) is 14.2. The number of hydrogen-bond donors (Lipinski definition) is 1. The Bertz CT molecular complexity index is 575. The predicted molar refractivity (Wildman–Crippen MR) is 83.2 cm³/mol. The Labute approximate surface area is 125 Å². The van der Waals surface area contributed by atoms with Gasteiger partial charge in [-0.15, -0.1) is 0 Å². The van der Waals surface area contributed by atoms with Crippen LogP contribution in [0.15, 0.2) is 29.4 Å². The fraction of sp³-hybridized carbons (Fsp3) is 0.500. The fourth-order valence-electron chi connectivity index (χ4n) is 2.97. The van der Waals surface area contributed by atoms with E-state index in [1.807, 2.05) is 38.4 Å². The molecule has 2 heterocycles. The first-order valence-corrected chi connectivity index (χ1v) is 7.52. The maximum atomic E-state index is 12.3. The van der Waals surface area contributed by atoms with Crippen molar-refractivity contribution >= 4 is 17.4 Å². The number of rotatable bonds is 3. The Morgan fingerprint density at radius 2 is 2.19 bits per heavy atom. The van der Waals surface area contributed by atoms with Gasteiger partial charge < -0.3 is 10.1 Å². The molecular weight excluding hydrogens is 266 g/mol. The van der Waals surface area contributed by atoms with Crippen LogP contribution in [0.25, 0.3) is 0 Å². The van der Waals surface area contributed by atoms with Crippen molar-refractivity contribution in [1.82, 2.24) is 9.91 Å². The highest BCUT2D eigenvalue weighted by Crippen LogP contribution is 2.31. The molecule has 1 saturated heterocycles. The predicted octanol–water partition coefficient (Wildman–Crippen LogP) is 1.66. The molecule has 1 aromatic carbocycles. The SMILES string of the molecule is C[N+]1(C)N=C(C(=O)OCC2CCCCN2)c2ccccc21. The van der Waals surface area contributed by atoms with Gasteiger partial charge in [-0.2, -0.15) is 4.59 Å². The molecular formula is C16H22N3O2+. The number of ether oxygens (including phenoxy) is 1. The van der Waals surface area contributed by atoms with Crippen molar-refractivity contribution < 1.29 is 9.53 Å². The zero-order chi connectivity index (χ0) is 14.9. The molecule has 0 aromatic heterocycles. The number of hydrogen-bond acceptors (Lipinski definition) is 4. The Morgan fingerprint density at radius 1 is 1.38 bits per heavy atom. The lowest BCUT2D eigenvalue weighted by molar-refractivity contribution is -0.136. The van der Waals surface area contributed by atoms with Crippen LogP contribution in [0.4, 0.5) is 5.69 Å². The van der Waals surface area contributed by atoms with Crippen LogP contribution in [-0.2, 0) is 9.53 Å². The molecule has 1 fully saturated rings. The fourth-order valence-corrected chi connectivity index (χ4v) is 2.97. The normalized spacial score (nSPS) is 23.3. The highest BCUT2D eigenvalue weighted by Gasteiger charge is 2.37. The van der Waals surface area contributed by atoms with Gasteiger partial charge in [-0.3, -0.25) is 0 Å². The van der Waals surface area contributed by atoms with E-state index >= 15 is 0 Å². The van der Waals surface area contributed by atoms with E-state index in [4.69, 9.17) is 4.74 Å². The number of nitrogens with zero attached hydrogens (tertiary/aromatic N) is 2. The molecule has 112 valence electrons. The van der Waals surface area contributed by atoms with Crippen LogP contribution >= 0.6 is 0 Å². The maximum Gasteiger partial charge on any atom is 0.363 e. The van der Waals surface area contributed by atoms with Crippen molar-refractivity contribution in [2.75, 3.05) is 27.2 Å². The number of esters is 1. The summed E-state index contributed by atoms with van der Waals surface area (Å²) in [6.45, 7) is 1.43. The number of quaternary nitrogens is 1. The van der Waals surface area contributed by atoms with Gasteiger partial charge in [0.25, 0.3) is 0 Å². The molecule has 0 spiro atoms. The van der Waals surface area contributed by atoms with E-state index in [0.29, 0.717) is 16.9 Å². The van der Waals surface area contributed by atoms with Crippen molar-refractivity contribution in [3.63, 3.8) is 0 Å². The van der Waals surface area contributed by atoms with Gasteiger partial charge in [-0.25, -0.2) is 4.79 Å². The van der Waals surface area contributed by atoms with E-state index in [2.05, 4.69) is 10.4 Å². The molecule has 1 unspecified atom stereocenters. The second-order valence-electron chi connectivity index (χ2n) is 6.11. The first-order valence-electron chi connectivity index (χ1n) is 7.52. The second-order valence-corrected chi connectivity index (χ2v) is 6.11. The molecule has 0 saturated carbocycles. The molecule has 0 radical (unpaired) electrons. The molecule has 5 nitrogen and oxygen atoms in total. The van der Waals surface area contributed by atoms with Gasteiger partial charge >= 0.3 is 5.97 Å². The Kier molecular flexibility index (Phi) is 3.78. The van der Waals surface area contributed by atoms with Crippen molar-refractivity contribution in [2.45, 2.75) is 25.3 Å². The number of fused-ring (bicyclic) bond motifs is 1. The summed E-state index contributed by atoms with van der Waals surface area (Å²) in [5.74, 6) is -0.321. The Morgan fingerprint density at radius 3 is 2.95 bits per heavy atom. The van der Waals surface area contributed by atoms with E-state index in [1.165, 1.54) is 12.8 Å². The lowest BCUT2D eigenvalue weighted by Crippen LogP contribution is -2.39. The van der Waals surface area contributed by atoms with Crippen LogP contribution in [0, 0.1) is 0 Å². The second kappa shape index (κ2) is 5.58. The maximum absolute atomic E-state index is 12.3. The van der Waals surface area contributed by atoms with Crippen LogP contribution in [-0.4, -0.2) is 45.0 Å². The van der Waals surface area contributed by atoms with Gasteiger partial charge in [0.05, 0.1) is 19.7 Å². The number of carbonyl (C=O) groups is 1. The third-order valence-corrected chi connectivity index (χ3v) is 4.12. The van der Waals surface area contributed by atoms with Crippen LogP contribution in [0.3, 0.4) is 0 Å². The molecule has 0 amide bonds. The van der Waals surface area contributed by atoms with Crippen LogP contribution in [0.2, 0.25) is 0 Å². The molecule has 2 aliphatic heterocycles. The third kappa shape index (κ3) is 2.84. The highest BCUT2D eigenvalue weighted by molar-refractivity contribution is 6.45. The molecule has 1 atom stereocenters. The van der Waals surface area contributed by atoms with Crippen molar-refractivity contribution in [2.24, 2.45) is 5.10 Å². The average molecular weight is 288 g/mol. The Hall–Kier alpha value is -1.72. The molecule has 1 aromatic rings. The number of para-hydroxylation sites is 1. The van der Waals surface area contributed by atoms with E-state index in [0.717, 1.165) is 24.2 Å². The molecule has 1 N–H and O–H groups in total. The van der Waals surface area contributed by atoms with Gasteiger partial charge in [-0.1, -0.05) is 23.7 Å². The third-order valence-electron chi connectivity index (χ3n) is 4.12. The van der Waals surface area contributed by atoms with Crippen molar-refractivity contribution in [1.29, 1.82) is 0 Å².